The third kappa shape index (κ3) is 6.65. The highest BCUT2D eigenvalue weighted by molar-refractivity contribution is 14.0. The summed E-state index contributed by atoms with van der Waals surface area (Å²) < 4.78 is 10.6. The van der Waals surface area contributed by atoms with E-state index in [2.05, 4.69) is 15.6 Å². The van der Waals surface area contributed by atoms with E-state index in [1.165, 1.54) is 4.88 Å². The first-order chi connectivity index (χ1) is 12.2. The van der Waals surface area contributed by atoms with Gasteiger partial charge in [-0.25, -0.2) is 4.99 Å². The molecule has 3 N–H and O–H groups in total. The second-order valence-corrected chi connectivity index (χ2v) is 6.31. The van der Waals surface area contributed by atoms with Crippen LogP contribution in [0.2, 0.25) is 0 Å². The van der Waals surface area contributed by atoms with Gasteiger partial charge in [0.1, 0.15) is 11.5 Å². The molecule has 0 spiro atoms. The number of rotatable bonds is 8. The highest BCUT2D eigenvalue weighted by Gasteiger charge is 2.15. The third-order valence-electron chi connectivity index (χ3n) is 3.58. The van der Waals surface area contributed by atoms with Gasteiger partial charge < -0.3 is 25.2 Å². The number of hydrogen-bond donors (Lipinski definition) is 3. The van der Waals surface area contributed by atoms with Gasteiger partial charge in [0.25, 0.3) is 0 Å². The van der Waals surface area contributed by atoms with Gasteiger partial charge in [0, 0.05) is 23.5 Å². The molecule has 2 aromatic rings. The van der Waals surface area contributed by atoms with Crippen LogP contribution in [0.1, 0.15) is 23.5 Å². The third-order valence-corrected chi connectivity index (χ3v) is 4.44. The largest absolute Gasteiger partial charge is 0.497 e. The van der Waals surface area contributed by atoms with E-state index in [9.17, 15) is 5.11 Å². The van der Waals surface area contributed by atoms with Crippen molar-refractivity contribution in [3.8, 4) is 11.5 Å². The zero-order valence-electron chi connectivity index (χ0n) is 15.2. The summed E-state index contributed by atoms with van der Waals surface area (Å²) in [6, 6.07) is 9.42. The molecular weight excluding hydrogens is 465 g/mol. The number of benzene rings is 1. The minimum absolute atomic E-state index is 0. The zero-order valence-corrected chi connectivity index (χ0v) is 18.3. The van der Waals surface area contributed by atoms with Crippen LogP contribution in [-0.4, -0.2) is 38.4 Å². The van der Waals surface area contributed by atoms with E-state index in [4.69, 9.17) is 9.47 Å². The normalized spacial score (nSPS) is 12.1. The fourth-order valence-electron chi connectivity index (χ4n) is 2.30. The maximum absolute atomic E-state index is 10.5. The van der Waals surface area contributed by atoms with Crippen LogP contribution >= 0.6 is 35.3 Å². The number of thiophene rings is 1. The Morgan fingerprint density at radius 2 is 2.04 bits per heavy atom. The molecule has 0 aliphatic carbocycles. The molecule has 0 saturated heterocycles. The van der Waals surface area contributed by atoms with Crippen molar-refractivity contribution in [2.24, 2.45) is 4.99 Å². The Hall–Kier alpha value is -1.52. The van der Waals surface area contributed by atoms with Crippen LogP contribution in [0.3, 0.4) is 0 Å². The Balaban J connectivity index is 0.00000338. The van der Waals surface area contributed by atoms with Crippen LogP contribution in [-0.2, 0) is 6.54 Å². The van der Waals surface area contributed by atoms with Crippen LogP contribution in [0, 0.1) is 0 Å². The zero-order chi connectivity index (χ0) is 18.1. The van der Waals surface area contributed by atoms with E-state index in [0.717, 1.165) is 6.54 Å². The average Bonchev–Trinajstić information content (AvgIpc) is 3.16. The Morgan fingerprint density at radius 1 is 1.23 bits per heavy atom. The Labute approximate surface area is 175 Å². The van der Waals surface area contributed by atoms with Gasteiger partial charge in [-0.3, -0.25) is 0 Å². The fourth-order valence-corrected chi connectivity index (χ4v) is 2.93. The second-order valence-electron chi connectivity index (χ2n) is 5.28. The van der Waals surface area contributed by atoms with Crippen molar-refractivity contribution in [1.29, 1.82) is 0 Å². The van der Waals surface area contributed by atoms with Crippen molar-refractivity contribution in [3.05, 3.63) is 46.2 Å². The monoisotopic (exact) mass is 491 g/mol. The van der Waals surface area contributed by atoms with E-state index in [1.807, 2.05) is 24.4 Å². The lowest BCUT2D eigenvalue weighted by molar-refractivity contribution is 0.176. The van der Waals surface area contributed by atoms with Crippen LogP contribution in [0.15, 0.2) is 40.7 Å². The SMILES string of the molecule is CCNC(=NCc1cccs1)NCC(O)c1cc(OC)ccc1OC.I. The van der Waals surface area contributed by atoms with E-state index in [-0.39, 0.29) is 24.0 Å². The standard InChI is InChI=1S/C18H25N3O3S.HI/c1-4-19-18(20-11-14-6-5-9-25-14)21-12-16(22)15-10-13(23-2)7-8-17(15)24-3;/h5-10,16,22H,4,11-12H2,1-3H3,(H2,19,20,21);1H. The number of aliphatic hydroxyl groups excluding tert-OH is 1. The number of nitrogens with zero attached hydrogens (tertiary/aromatic N) is 1. The summed E-state index contributed by atoms with van der Waals surface area (Å²) in [6.45, 7) is 3.66. The summed E-state index contributed by atoms with van der Waals surface area (Å²) >= 11 is 1.67. The van der Waals surface area contributed by atoms with Crippen molar-refractivity contribution in [3.63, 3.8) is 0 Å². The molecule has 0 aliphatic rings. The molecule has 0 fully saturated rings. The number of guanidine groups is 1. The summed E-state index contributed by atoms with van der Waals surface area (Å²) in [4.78, 5) is 5.72. The highest BCUT2D eigenvalue weighted by atomic mass is 127. The van der Waals surface area contributed by atoms with E-state index in [0.29, 0.717) is 36.1 Å². The van der Waals surface area contributed by atoms with Gasteiger partial charge in [0.15, 0.2) is 5.96 Å². The molecule has 0 amide bonds. The molecule has 26 heavy (non-hydrogen) atoms. The summed E-state index contributed by atoms with van der Waals surface area (Å²) in [5, 5.41) is 18.9. The number of halogens is 1. The first-order valence-corrected chi connectivity index (χ1v) is 9.00. The maximum atomic E-state index is 10.5. The van der Waals surface area contributed by atoms with Crippen molar-refractivity contribution in [2.45, 2.75) is 19.6 Å². The van der Waals surface area contributed by atoms with Gasteiger partial charge in [-0.1, -0.05) is 6.07 Å². The topological polar surface area (TPSA) is 75.1 Å². The Kier molecular flexibility index (Phi) is 10.4. The highest BCUT2D eigenvalue weighted by Crippen LogP contribution is 2.29. The molecular formula is C18H26IN3O3S. The quantitative estimate of drug-likeness (QED) is 0.301. The molecule has 0 radical (unpaired) electrons. The molecule has 1 unspecified atom stereocenters. The molecule has 6 nitrogen and oxygen atoms in total. The molecule has 144 valence electrons. The number of hydrogen-bond acceptors (Lipinski definition) is 5. The van der Waals surface area contributed by atoms with Crippen molar-refractivity contribution < 1.29 is 14.6 Å². The number of nitrogens with one attached hydrogen (secondary N) is 2. The molecule has 1 atom stereocenters. The second kappa shape index (κ2) is 12.0. The minimum atomic E-state index is -0.754. The number of aliphatic imine (C=N–C) groups is 1. The molecule has 1 aromatic heterocycles. The molecule has 2 rings (SSSR count). The van der Waals surface area contributed by atoms with Crippen molar-refractivity contribution in [2.75, 3.05) is 27.3 Å². The smallest absolute Gasteiger partial charge is 0.191 e. The molecule has 8 heteroatoms. The summed E-state index contributed by atoms with van der Waals surface area (Å²) in [5.41, 5.74) is 0.670. The van der Waals surface area contributed by atoms with E-state index < -0.39 is 6.10 Å². The molecule has 0 aliphatic heterocycles. The van der Waals surface area contributed by atoms with Gasteiger partial charge in [-0.05, 0) is 36.6 Å². The van der Waals surface area contributed by atoms with Gasteiger partial charge in [0.2, 0.25) is 0 Å². The van der Waals surface area contributed by atoms with E-state index >= 15 is 0 Å². The van der Waals surface area contributed by atoms with Crippen molar-refractivity contribution >= 4 is 41.3 Å². The first kappa shape index (κ1) is 22.5. The number of ether oxygens (including phenoxy) is 2. The van der Waals surface area contributed by atoms with Gasteiger partial charge in [0.05, 0.1) is 26.9 Å². The maximum Gasteiger partial charge on any atom is 0.191 e. The fraction of sp³-hybridized carbons (Fsp3) is 0.389. The predicted octanol–water partition coefficient (Wildman–Crippen LogP) is 3.17. The van der Waals surface area contributed by atoms with Crippen LogP contribution < -0.4 is 20.1 Å². The lowest BCUT2D eigenvalue weighted by Gasteiger charge is -2.18. The van der Waals surface area contributed by atoms with Gasteiger partial charge in [-0.2, -0.15) is 0 Å². The summed E-state index contributed by atoms with van der Waals surface area (Å²) in [7, 11) is 3.18. The predicted molar refractivity (Wildman–Crippen MR) is 117 cm³/mol. The lowest BCUT2D eigenvalue weighted by Crippen LogP contribution is -2.39. The van der Waals surface area contributed by atoms with Crippen LogP contribution in [0.5, 0.6) is 11.5 Å². The average molecular weight is 491 g/mol. The summed E-state index contributed by atoms with van der Waals surface area (Å²) in [5.74, 6) is 1.96. The van der Waals surface area contributed by atoms with E-state index in [1.54, 1.807) is 43.8 Å². The number of methoxy groups -OCH3 is 2. The Bertz CT molecular complexity index is 680. The first-order valence-electron chi connectivity index (χ1n) is 8.12. The Morgan fingerprint density at radius 3 is 2.65 bits per heavy atom. The molecule has 1 aromatic carbocycles. The molecule has 0 saturated carbocycles. The summed E-state index contributed by atoms with van der Waals surface area (Å²) in [6.07, 6.45) is -0.754. The molecule has 0 bridgehead atoms. The number of aliphatic hydroxyl groups is 1. The van der Waals surface area contributed by atoms with Gasteiger partial charge in [-0.15, -0.1) is 35.3 Å². The van der Waals surface area contributed by atoms with Crippen molar-refractivity contribution in [1.82, 2.24) is 10.6 Å². The van der Waals surface area contributed by atoms with Crippen LogP contribution in [0.4, 0.5) is 0 Å². The van der Waals surface area contributed by atoms with Crippen LogP contribution in [0.25, 0.3) is 0 Å². The lowest BCUT2D eigenvalue weighted by atomic mass is 10.1. The van der Waals surface area contributed by atoms with Gasteiger partial charge >= 0.3 is 0 Å². The molecule has 1 heterocycles. The minimum Gasteiger partial charge on any atom is -0.497 e.